The number of ether oxygens (including phenoxy) is 2. The number of hydrogen-bond donors (Lipinski definition) is 0. The smallest absolute Gasteiger partial charge is 0.249 e. The summed E-state index contributed by atoms with van der Waals surface area (Å²) in [5.41, 5.74) is 1.82. The summed E-state index contributed by atoms with van der Waals surface area (Å²) in [5, 5.41) is 0. The Bertz CT molecular complexity index is 777. The van der Waals surface area contributed by atoms with Gasteiger partial charge in [-0.1, -0.05) is 30.3 Å². The van der Waals surface area contributed by atoms with Crippen molar-refractivity contribution < 1.29 is 19.1 Å². The van der Waals surface area contributed by atoms with E-state index in [-0.39, 0.29) is 31.0 Å². The molecule has 0 saturated carbocycles. The summed E-state index contributed by atoms with van der Waals surface area (Å²) in [4.78, 5) is 28.3. The van der Waals surface area contributed by atoms with Crippen LogP contribution in [0.1, 0.15) is 12.5 Å². The number of benzene rings is 2. The molecule has 0 aliphatic carbocycles. The molecular weight excluding hydrogens is 344 g/mol. The van der Waals surface area contributed by atoms with E-state index in [1.165, 1.54) is 0 Å². The summed E-state index contributed by atoms with van der Waals surface area (Å²) in [6.07, 6.45) is 0. The minimum atomic E-state index is -0.166. The highest BCUT2D eigenvalue weighted by atomic mass is 16.5. The van der Waals surface area contributed by atoms with Crippen LogP contribution in [-0.2, 0) is 20.9 Å². The second-order valence-corrected chi connectivity index (χ2v) is 6.55. The third kappa shape index (κ3) is 4.65. The second kappa shape index (κ2) is 8.68. The van der Waals surface area contributed by atoms with Crippen LogP contribution in [0.3, 0.4) is 0 Å². The predicted octanol–water partition coefficient (Wildman–Crippen LogP) is 2.48. The summed E-state index contributed by atoms with van der Waals surface area (Å²) in [7, 11) is 1.60. The Hall–Kier alpha value is -2.86. The Morgan fingerprint density at radius 2 is 1.81 bits per heavy atom. The van der Waals surface area contributed by atoms with Crippen LogP contribution in [0.4, 0.5) is 5.69 Å². The van der Waals surface area contributed by atoms with E-state index in [4.69, 9.17) is 9.47 Å². The first-order chi connectivity index (χ1) is 13.1. The van der Waals surface area contributed by atoms with Crippen LogP contribution in [0.25, 0.3) is 0 Å². The van der Waals surface area contributed by atoms with Crippen molar-refractivity contribution >= 4 is 17.5 Å². The second-order valence-electron chi connectivity index (χ2n) is 6.55. The lowest BCUT2D eigenvalue weighted by Gasteiger charge is -2.39. The van der Waals surface area contributed by atoms with Gasteiger partial charge in [0, 0.05) is 18.3 Å². The van der Waals surface area contributed by atoms with Crippen molar-refractivity contribution in [2.75, 3.05) is 31.7 Å². The monoisotopic (exact) mass is 368 g/mol. The van der Waals surface area contributed by atoms with Gasteiger partial charge in [-0.15, -0.1) is 0 Å². The molecule has 6 nitrogen and oxygen atoms in total. The lowest BCUT2D eigenvalue weighted by molar-refractivity contribution is -0.143. The highest BCUT2D eigenvalue weighted by molar-refractivity contribution is 5.98. The predicted molar refractivity (Wildman–Crippen MR) is 103 cm³/mol. The zero-order valence-electron chi connectivity index (χ0n) is 15.6. The van der Waals surface area contributed by atoms with Gasteiger partial charge in [0.1, 0.15) is 18.9 Å². The van der Waals surface area contributed by atoms with Crippen LogP contribution in [0.5, 0.6) is 5.75 Å². The fourth-order valence-corrected chi connectivity index (χ4v) is 3.11. The van der Waals surface area contributed by atoms with Gasteiger partial charge in [-0.25, -0.2) is 0 Å². The summed E-state index contributed by atoms with van der Waals surface area (Å²) in [6.45, 7) is 2.80. The maximum atomic E-state index is 12.6. The maximum absolute atomic E-state index is 12.6. The average molecular weight is 368 g/mol. The van der Waals surface area contributed by atoms with Crippen molar-refractivity contribution in [2.24, 2.45) is 0 Å². The third-order valence-electron chi connectivity index (χ3n) is 4.63. The van der Waals surface area contributed by atoms with Gasteiger partial charge in [-0.05, 0) is 36.8 Å². The first-order valence-corrected chi connectivity index (χ1v) is 8.94. The fraction of sp³-hybridized carbons (Fsp3) is 0.333. The molecule has 1 fully saturated rings. The molecule has 1 atom stereocenters. The molecule has 2 aromatic carbocycles. The lowest BCUT2D eigenvalue weighted by atomic mass is 10.1. The van der Waals surface area contributed by atoms with Crippen molar-refractivity contribution in [3.05, 3.63) is 60.2 Å². The topological polar surface area (TPSA) is 59.1 Å². The number of rotatable bonds is 6. The molecular formula is C21H24N2O4. The van der Waals surface area contributed by atoms with Gasteiger partial charge in [0.25, 0.3) is 0 Å². The van der Waals surface area contributed by atoms with Crippen molar-refractivity contribution in [3.63, 3.8) is 0 Å². The molecule has 27 heavy (non-hydrogen) atoms. The molecule has 2 amide bonds. The number of piperazine rings is 1. The molecule has 142 valence electrons. The molecule has 0 N–H and O–H groups in total. The number of anilines is 1. The molecule has 1 aliphatic rings. The Morgan fingerprint density at radius 3 is 2.48 bits per heavy atom. The molecule has 0 bridgehead atoms. The summed E-state index contributed by atoms with van der Waals surface area (Å²) in [5.74, 6) is 0.472. The standard InChI is InChI=1S/C21H24N2O4/c1-16-12-23(18-8-10-19(26-2)11-9-18)20(24)13-22(16)21(25)15-27-14-17-6-4-3-5-7-17/h3-11,16H,12-15H2,1-2H3/t16-/m1/s1. The number of carbonyl (C=O) groups excluding carboxylic acids is 2. The Morgan fingerprint density at radius 1 is 1.11 bits per heavy atom. The number of hydrogen-bond acceptors (Lipinski definition) is 4. The number of amides is 2. The van der Waals surface area contributed by atoms with Gasteiger partial charge in [-0.2, -0.15) is 0 Å². The van der Waals surface area contributed by atoms with E-state index < -0.39 is 0 Å². The van der Waals surface area contributed by atoms with E-state index >= 15 is 0 Å². The van der Waals surface area contributed by atoms with E-state index in [1.807, 2.05) is 61.5 Å². The van der Waals surface area contributed by atoms with E-state index in [1.54, 1.807) is 16.9 Å². The van der Waals surface area contributed by atoms with E-state index in [9.17, 15) is 9.59 Å². The zero-order chi connectivity index (χ0) is 19.2. The molecule has 0 radical (unpaired) electrons. The van der Waals surface area contributed by atoms with Crippen LogP contribution >= 0.6 is 0 Å². The first kappa shape index (κ1) is 18.9. The molecule has 0 aromatic heterocycles. The number of methoxy groups -OCH3 is 1. The highest BCUT2D eigenvalue weighted by Gasteiger charge is 2.33. The Kier molecular flexibility index (Phi) is 6.08. The Balaban J connectivity index is 1.55. The van der Waals surface area contributed by atoms with Gasteiger partial charge >= 0.3 is 0 Å². The summed E-state index contributed by atoms with van der Waals surface area (Å²) in [6, 6.07) is 17.0. The van der Waals surface area contributed by atoms with Gasteiger partial charge in [-0.3, -0.25) is 9.59 Å². The molecule has 2 aromatic rings. The van der Waals surface area contributed by atoms with Crippen molar-refractivity contribution in [3.8, 4) is 5.75 Å². The van der Waals surface area contributed by atoms with Crippen LogP contribution in [0.15, 0.2) is 54.6 Å². The molecule has 0 unspecified atom stereocenters. The number of nitrogens with zero attached hydrogens (tertiary/aromatic N) is 2. The van der Waals surface area contributed by atoms with Crippen LogP contribution < -0.4 is 9.64 Å². The normalized spacial score (nSPS) is 17.1. The lowest BCUT2D eigenvalue weighted by Crippen LogP contribution is -2.57. The third-order valence-corrected chi connectivity index (χ3v) is 4.63. The minimum Gasteiger partial charge on any atom is -0.497 e. The van der Waals surface area contributed by atoms with Crippen LogP contribution in [-0.4, -0.2) is 49.6 Å². The SMILES string of the molecule is COc1ccc(N2C[C@@H](C)N(C(=O)COCc3ccccc3)CC2=O)cc1. The zero-order valence-corrected chi connectivity index (χ0v) is 15.6. The van der Waals surface area contributed by atoms with E-state index in [0.717, 1.165) is 17.0 Å². The molecule has 3 rings (SSSR count). The van der Waals surface area contributed by atoms with Crippen molar-refractivity contribution in [1.29, 1.82) is 0 Å². The molecule has 1 aliphatic heterocycles. The van der Waals surface area contributed by atoms with Crippen LogP contribution in [0.2, 0.25) is 0 Å². The largest absolute Gasteiger partial charge is 0.497 e. The summed E-state index contributed by atoms with van der Waals surface area (Å²) < 4.78 is 10.7. The van der Waals surface area contributed by atoms with Crippen LogP contribution in [0, 0.1) is 0 Å². The maximum Gasteiger partial charge on any atom is 0.249 e. The average Bonchev–Trinajstić information content (AvgIpc) is 2.70. The number of carbonyl (C=O) groups is 2. The fourth-order valence-electron chi connectivity index (χ4n) is 3.11. The van der Waals surface area contributed by atoms with Gasteiger partial charge in [0.05, 0.1) is 13.7 Å². The molecule has 6 heteroatoms. The summed E-state index contributed by atoms with van der Waals surface area (Å²) >= 11 is 0. The highest BCUT2D eigenvalue weighted by Crippen LogP contribution is 2.23. The first-order valence-electron chi connectivity index (χ1n) is 8.94. The van der Waals surface area contributed by atoms with Gasteiger partial charge in [0.15, 0.2) is 0 Å². The molecule has 0 spiro atoms. The van der Waals surface area contributed by atoms with Crippen molar-refractivity contribution in [2.45, 2.75) is 19.6 Å². The minimum absolute atomic E-state index is 0.0327. The molecule has 1 heterocycles. The quantitative estimate of drug-likeness (QED) is 0.786. The van der Waals surface area contributed by atoms with Gasteiger partial charge < -0.3 is 19.3 Å². The Labute approximate surface area is 159 Å². The van der Waals surface area contributed by atoms with E-state index in [0.29, 0.717) is 13.2 Å². The van der Waals surface area contributed by atoms with E-state index in [2.05, 4.69) is 0 Å². The van der Waals surface area contributed by atoms with Gasteiger partial charge in [0.2, 0.25) is 11.8 Å². The molecule has 1 saturated heterocycles. The van der Waals surface area contributed by atoms with Crippen molar-refractivity contribution in [1.82, 2.24) is 4.90 Å².